The van der Waals surface area contributed by atoms with Crippen LogP contribution in [0.15, 0.2) is 28.9 Å². The van der Waals surface area contributed by atoms with E-state index in [2.05, 4.69) is 27.2 Å². The lowest BCUT2D eigenvalue weighted by Gasteiger charge is -2.16. The Morgan fingerprint density at radius 3 is 2.55 bits per heavy atom. The van der Waals surface area contributed by atoms with Crippen LogP contribution < -0.4 is 5.32 Å². The number of amides is 1. The van der Waals surface area contributed by atoms with Gasteiger partial charge in [0.25, 0.3) is 5.91 Å². The molecule has 2 rings (SSSR count). The highest BCUT2D eigenvalue weighted by Gasteiger charge is 2.19. The number of benzene rings is 1. The maximum Gasteiger partial charge on any atom is 0.276 e. The van der Waals surface area contributed by atoms with Crippen molar-refractivity contribution in [3.8, 4) is 0 Å². The molecule has 2 N–H and O–H groups in total. The van der Waals surface area contributed by atoms with E-state index in [0.29, 0.717) is 5.69 Å². The van der Waals surface area contributed by atoms with Gasteiger partial charge in [0.1, 0.15) is 5.69 Å². The zero-order valence-corrected chi connectivity index (χ0v) is 11.5. The van der Waals surface area contributed by atoms with Crippen molar-refractivity contribution in [1.82, 2.24) is 15.6 Å². The zero-order chi connectivity index (χ0) is 14.5. The largest absolute Gasteiger partial charge is 0.394 e. The molecule has 0 aliphatic carbocycles. The molecular formula is C14H17N3O3. The quantitative estimate of drug-likeness (QED) is 0.861. The molecule has 0 aliphatic rings. The molecule has 6 nitrogen and oxygen atoms in total. The molecule has 0 bridgehead atoms. The number of carbonyl (C=O) groups is 1. The lowest BCUT2D eigenvalue weighted by molar-refractivity contribution is 0.0906. The number of rotatable bonds is 5. The third kappa shape index (κ3) is 3.03. The lowest BCUT2D eigenvalue weighted by Crippen LogP contribution is -2.31. The number of hydrogen-bond acceptors (Lipinski definition) is 5. The van der Waals surface area contributed by atoms with Crippen molar-refractivity contribution in [3.05, 3.63) is 46.8 Å². The van der Waals surface area contributed by atoms with Crippen molar-refractivity contribution in [2.24, 2.45) is 0 Å². The van der Waals surface area contributed by atoms with Gasteiger partial charge in [-0.3, -0.25) is 4.79 Å². The van der Waals surface area contributed by atoms with Crippen LogP contribution in [0.3, 0.4) is 0 Å². The summed E-state index contributed by atoms with van der Waals surface area (Å²) in [6.07, 6.45) is 0.945. The maximum atomic E-state index is 12.0. The molecular weight excluding hydrogens is 258 g/mol. The fraction of sp³-hybridized carbons (Fsp3) is 0.357. The van der Waals surface area contributed by atoms with E-state index in [0.717, 1.165) is 12.0 Å². The summed E-state index contributed by atoms with van der Waals surface area (Å²) in [6, 6.07) is 7.27. The average molecular weight is 275 g/mol. The summed E-state index contributed by atoms with van der Waals surface area (Å²) in [7, 11) is 0. The molecule has 1 aromatic carbocycles. The van der Waals surface area contributed by atoms with Crippen molar-refractivity contribution < 1.29 is 14.5 Å². The summed E-state index contributed by atoms with van der Waals surface area (Å²) in [5.41, 5.74) is 2.59. The number of aliphatic hydroxyl groups excluding tert-OH is 1. The molecule has 0 radical (unpaired) electrons. The monoisotopic (exact) mass is 275 g/mol. The smallest absolute Gasteiger partial charge is 0.276 e. The molecule has 1 atom stereocenters. The van der Waals surface area contributed by atoms with E-state index in [-0.39, 0.29) is 12.3 Å². The van der Waals surface area contributed by atoms with Crippen LogP contribution in [0, 0.1) is 6.92 Å². The van der Waals surface area contributed by atoms with E-state index >= 15 is 0 Å². The van der Waals surface area contributed by atoms with Gasteiger partial charge >= 0.3 is 0 Å². The summed E-state index contributed by atoms with van der Waals surface area (Å²) >= 11 is 0. The van der Waals surface area contributed by atoms with Crippen molar-refractivity contribution in [2.75, 3.05) is 6.61 Å². The van der Waals surface area contributed by atoms with Gasteiger partial charge in [0.15, 0.2) is 5.69 Å². The van der Waals surface area contributed by atoms with Crippen LogP contribution in [0.2, 0.25) is 0 Å². The first-order valence-corrected chi connectivity index (χ1v) is 6.45. The Balaban J connectivity index is 2.12. The zero-order valence-electron chi connectivity index (χ0n) is 11.5. The fourth-order valence-electron chi connectivity index (χ4n) is 1.88. The number of nitrogens with one attached hydrogen (secondary N) is 1. The van der Waals surface area contributed by atoms with Crippen molar-refractivity contribution in [1.29, 1.82) is 0 Å². The Labute approximate surface area is 116 Å². The SMILES string of the molecule is CCc1ccc(C(CO)NC(=O)c2nonc2C)cc1. The van der Waals surface area contributed by atoms with Crippen LogP contribution in [0.5, 0.6) is 0 Å². The van der Waals surface area contributed by atoms with Crippen molar-refractivity contribution in [2.45, 2.75) is 26.3 Å². The Morgan fingerprint density at radius 1 is 1.35 bits per heavy atom. The molecule has 20 heavy (non-hydrogen) atoms. The minimum atomic E-state index is -0.482. The molecule has 1 aromatic heterocycles. The molecule has 1 heterocycles. The van der Waals surface area contributed by atoms with Gasteiger partial charge in [0.2, 0.25) is 0 Å². The molecule has 0 saturated heterocycles. The molecule has 0 fully saturated rings. The first kappa shape index (κ1) is 14.2. The van der Waals surface area contributed by atoms with Gasteiger partial charge in [-0.15, -0.1) is 0 Å². The van der Waals surface area contributed by atoms with Crippen LogP contribution >= 0.6 is 0 Å². The van der Waals surface area contributed by atoms with Crippen LogP contribution in [-0.4, -0.2) is 27.9 Å². The average Bonchev–Trinajstić information content (AvgIpc) is 2.91. The van der Waals surface area contributed by atoms with E-state index in [1.807, 2.05) is 24.3 Å². The fourth-order valence-corrected chi connectivity index (χ4v) is 1.88. The molecule has 6 heteroatoms. The van der Waals surface area contributed by atoms with Gasteiger partial charge in [-0.1, -0.05) is 36.3 Å². The Morgan fingerprint density at radius 2 is 2.05 bits per heavy atom. The summed E-state index contributed by atoms with van der Waals surface area (Å²) in [6.45, 7) is 3.51. The number of aromatic nitrogens is 2. The highest BCUT2D eigenvalue weighted by Crippen LogP contribution is 2.15. The minimum absolute atomic E-state index is 0.133. The van der Waals surface area contributed by atoms with Gasteiger partial charge in [0, 0.05) is 0 Å². The lowest BCUT2D eigenvalue weighted by atomic mass is 10.0. The minimum Gasteiger partial charge on any atom is -0.394 e. The molecule has 2 aromatic rings. The molecule has 0 saturated carbocycles. The van der Waals surface area contributed by atoms with Gasteiger partial charge < -0.3 is 10.4 Å². The van der Waals surface area contributed by atoms with Gasteiger partial charge in [-0.2, -0.15) is 0 Å². The first-order chi connectivity index (χ1) is 9.65. The van der Waals surface area contributed by atoms with Crippen molar-refractivity contribution in [3.63, 3.8) is 0 Å². The second kappa shape index (κ2) is 6.29. The Hall–Kier alpha value is -2.21. The summed E-state index contributed by atoms with van der Waals surface area (Å²) in [5, 5.41) is 19.3. The van der Waals surface area contributed by atoms with Crippen molar-refractivity contribution >= 4 is 5.91 Å². The number of carbonyl (C=O) groups excluding carboxylic acids is 1. The topological polar surface area (TPSA) is 88.2 Å². The van der Waals surface area contributed by atoms with Gasteiger partial charge in [-0.05, 0) is 29.6 Å². The second-order valence-electron chi connectivity index (χ2n) is 4.50. The van der Waals surface area contributed by atoms with Crippen LogP contribution in [0.25, 0.3) is 0 Å². The van der Waals surface area contributed by atoms with Crippen LogP contribution in [0.1, 0.15) is 40.3 Å². The van der Waals surface area contributed by atoms with Gasteiger partial charge in [-0.25, -0.2) is 4.63 Å². The predicted molar refractivity (Wildman–Crippen MR) is 72.1 cm³/mol. The van der Waals surface area contributed by atoms with E-state index in [1.54, 1.807) is 6.92 Å². The van der Waals surface area contributed by atoms with Crippen LogP contribution in [0.4, 0.5) is 0 Å². The Kier molecular flexibility index (Phi) is 4.47. The molecule has 1 amide bonds. The number of aliphatic hydroxyl groups is 1. The molecule has 0 spiro atoms. The van der Waals surface area contributed by atoms with E-state index in [4.69, 9.17) is 0 Å². The third-order valence-electron chi connectivity index (χ3n) is 3.15. The highest BCUT2D eigenvalue weighted by molar-refractivity contribution is 5.93. The van der Waals surface area contributed by atoms with E-state index in [1.165, 1.54) is 5.56 Å². The molecule has 0 aliphatic heterocycles. The normalized spacial score (nSPS) is 12.2. The van der Waals surface area contributed by atoms with E-state index in [9.17, 15) is 9.90 Å². The maximum absolute atomic E-state index is 12.0. The third-order valence-corrected chi connectivity index (χ3v) is 3.15. The Bertz CT molecular complexity index is 578. The second-order valence-corrected chi connectivity index (χ2v) is 4.50. The summed E-state index contributed by atoms with van der Waals surface area (Å²) in [4.78, 5) is 12.0. The molecule has 1 unspecified atom stereocenters. The van der Waals surface area contributed by atoms with E-state index < -0.39 is 11.9 Å². The first-order valence-electron chi connectivity index (χ1n) is 6.45. The number of hydrogen-bond donors (Lipinski definition) is 2. The number of nitrogens with zero attached hydrogens (tertiary/aromatic N) is 2. The number of aryl methyl sites for hydroxylation is 2. The highest BCUT2D eigenvalue weighted by atomic mass is 16.6. The van der Waals surface area contributed by atoms with Gasteiger partial charge in [0.05, 0.1) is 12.6 Å². The van der Waals surface area contributed by atoms with Crippen LogP contribution in [-0.2, 0) is 6.42 Å². The summed E-state index contributed by atoms with van der Waals surface area (Å²) in [5.74, 6) is -0.414. The predicted octanol–water partition coefficient (Wildman–Crippen LogP) is 1.40. The summed E-state index contributed by atoms with van der Waals surface area (Å²) < 4.78 is 4.49. The molecule has 106 valence electrons. The standard InChI is InChI=1S/C14H17N3O3/c1-3-10-4-6-11(7-5-10)12(8-18)15-14(19)13-9(2)16-20-17-13/h4-7,12,18H,3,8H2,1-2H3,(H,15,19).